The average Bonchev–Trinajstić information content (AvgIpc) is 2.99. The Balaban J connectivity index is 1.86. The van der Waals surface area contributed by atoms with Crippen LogP contribution >= 0.6 is 11.3 Å². The van der Waals surface area contributed by atoms with Crippen molar-refractivity contribution in [1.82, 2.24) is 24.6 Å². The Morgan fingerprint density at radius 1 is 1.50 bits per heavy atom. The number of hydrogen-bond donors (Lipinski definition) is 0. The van der Waals surface area contributed by atoms with Crippen LogP contribution in [-0.4, -0.2) is 72.7 Å². The van der Waals surface area contributed by atoms with E-state index in [-0.39, 0.29) is 6.17 Å². The number of hydrogen-bond acceptors (Lipinski definition) is 7. The Labute approximate surface area is 110 Å². The van der Waals surface area contributed by atoms with Gasteiger partial charge >= 0.3 is 5.13 Å². The van der Waals surface area contributed by atoms with Crippen LogP contribution in [0.25, 0.3) is 0 Å². The van der Waals surface area contributed by atoms with Crippen LogP contribution in [0, 0.1) is 5.21 Å². The molecule has 100 valence electrons. The minimum absolute atomic E-state index is 0.0909. The van der Waals surface area contributed by atoms with Gasteiger partial charge in [0.2, 0.25) is 0 Å². The van der Waals surface area contributed by atoms with Crippen molar-refractivity contribution in [3.63, 3.8) is 0 Å². The molecule has 1 aromatic heterocycles. The number of rotatable bonds is 2. The molecule has 0 N–H and O–H groups in total. The fourth-order valence-electron chi connectivity index (χ4n) is 2.70. The summed E-state index contributed by atoms with van der Waals surface area (Å²) in [5.41, 5.74) is 1.63. The number of likely N-dealkylation sites (N-methyl/N-ethyl adjacent to an activating group) is 1. The van der Waals surface area contributed by atoms with Crippen LogP contribution in [0.2, 0.25) is 0 Å². The molecule has 2 unspecified atom stereocenters. The zero-order valence-corrected chi connectivity index (χ0v) is 11.2. The number of nitrogens with zero attached hydrogens (tertiary/aromatic N) is 5. The second-order valence-corrected chi connectivity index (χ2v) is 5.64. The van der Waals surface area contributed by atoms with Gasteiger partial charge in [0.25, 0.3) is 0 Å². The maximum Gasteiger partial charge on any atom is 0.308 e. The smallest absolute Gasteiger partial charge is 0.308 e. The highest BCUT2D eigenvalue weighted by molar-refractivity contribution is 7.13. The SMILES string of the molecule is CN1CC(N2CCOCC2)[N+]([O-])(c2nncs2)C1. The fraction of sp³-hybridized carbons (Fsp3) is 0.800. The third-order valence-corrected chi connectivity index (χ3v) is 4.35. The minimum Gasteiger partial charge on any atom is -0.623 e. The molecule has 2 fully saturated rings. The number of aromatic nitrogens is 2. The van der Waals surface area contributed by atoms with E-state index in [1.807, 2.05) is 7.05 Å². The average molecular weight is 271 g/mol. The molecule has 2 atom stereocenters. The van der Waals surface area contributed by atoms with E-state index in [9.17, 15) is 5.21 Å². The van der Waals surface area contributed by atoms with Gasteiger partial charge < -0.3 is 9.94 Å². The van der Waals surface area contributed by atoms with Crippen LogP contribution in [-0.2, 0) is 4.74 Å². The van der Waals surface area contributed by atoms with Crippen LogP contribution in [0.5, 0.6) is 0 Å². The quantitative estimate of drug-likeness (QED) is 0.553. The van der Waals surface area contributed by atoms with E-state index >= 15 is 0 Å². The van der Waals surface area contributed by atoms with E-state index in [1.165, 1.54) is 11.3 Å². The number of hydroxylamine groups is 2. The van der Waals surface area contributed by atoms with Crippen LogP contribution < -0.4 is 4.65 Å². The normalized spacial score (nSPS) is 35.1. The van der Waals surface area contributed by atoms with E-state index < -0.39 is 4.65 Å². The molecule has 0 radical (unpaired) electrons. The van der Waals surface area contributed by atoms with Gasteiger partial charge in [-0.3, -0.25) is 9.55 Å². The van der Waals surface area contributed by atoms with E-state index in [0.717, 1.165) is 19.6 Å². The van der Waals surface area contributed by atoms with Crippen LogP contribution in [0.15, 0.2) is 5.51 Å². The Morgan fingerprint density at radius 2 is 2.28 bits per heavy atom. The molecule has 18 heavy (non-hydrogen) atoms. The maximum absolute atomic E-state index is 13.1. The maximum atomic E-state index is 13.1. The molecule has 1 aromatic rings. The van der Waals surface area contributed by atoms with Crippen LogP contribution in [0.4, 0.5) is 5.13 Å². The predicted molar refractivity (Wildman–Crippen MR) is 68.7 cm³/mol. The highest BCUT2D eigenvalue weighted by Gasteiger charge is 2.45. The van der Waals surface area contributed by atoms with Crippen LogP contribution in [0.3, 0.4) is 0 Å². The summed E-state index contributed by atoms with van der Waals surface area (Å²) in [6, 6.07) is 0. The van der Waals surface area contributed by atoms with Gasteiger partial charge in [-0.05, 0) is 18.4 Å². The first kappa shape index (κ1) is 12.4. The molecular weight excluding hydrogens is 254 g/mol. The molecule has 0 spiro atoms. The highest BCUT2D eigenvalue weighted by Crippen LogP contribution is 2.33. The van der Waals surface area contributed by atoms with Crippen molar-refractivity contribution < 1.29 is 4.74 Å². The van der Waals surface area contributed by atoms with Crippen LogP contribution in [0.1, 0.15) is 0 Å². The molecule has 0 amide bonds. The zero-order chi connectivity index (χ0) is 12.6. The fourth-order valence-corrected chi connectivity index (χ4v) is 3.34. The van der Waals surface area contributed by atoms with E-state index in [1.54, 1.807) is 5.51 Å². The zero-order valence-electron chi connectivity index (χ0n) is 10.4. The van der Waals surface area contributed by atoms with Gasteiger partial charge in [-0.2, -0.15) is 0 Å². The molecular formula is C10H17N5O2S. The Bertz CT molecular complexity index is 397. The first-order chi connectivity index (χ1) is 8.70. The Kier molecular flexibility index (Phi) is 3.31. The van der Waals surface area contributed by atoms with Crippen molar-refractivity contribution in [2.24, 2.45) is 0 Å². The monoisotopic (exact) mass is 271 g/mol. The molecule has 2 aliphatic heterocycles. The topological polar surface area (TPSA) is 64.5 Å². The lowest BCUT2D eigenvalue weighted by atomic mass is 10.3. The predicted octanol–water partition coefficient (Wildman–Crippen LogP) is -0.0956. The molecule has 0 bridgehead atoms. The van der Waals surface area contributed by atoms with Crippen molar-refractivity contribution in [3.8, 4) is 0 Å². The van der Waals surface area contributed by atoms with Gasteiger partial charge in [0.15, 0.2) is 6.17 Å². The molecule has 7 nitrogen and oxygen atoms in total. The molecule has 0 aliphatic carbocycles. The van der Waals surface area contributed by atoms with Gasteiger partial charge in [-0.25, -0.2) is 4.90 Å². The molecule has 3 heterocycles. The molecule has 0 aromatic carbocycles. The van der Waals surface area contributed by atoms with Gasteiger partial charge in [0.1, 0.15) is 12.2 Å². The van der Waals surface area contributed by atoms with Crippen molar-refractivity contribution in [1.29, 1.82) is 0 Å². The third kappa shape index (κ3) is 2.04. The summed E-state index contributed by atoms with van der Waals surface area (Å²) in [5.74, 6) is 0. The minimum atomic E-state index is -0.402. The molecule has 0 saturated carbocycles. The van der Waals surface area contributed by atoms with E-state index in [0.29, 0.717) is 25.0 Å². The summed E-state index contributed by atoms with van der Waals surface area (Å²) in [7, 11) is 1.98. The molecule has 2 aliphatic rings. The Morgan fingerprint density at radius 3 is 2.94 bits per heavy atom. The van der Waals surface area contributed by atoms with Crippen molar-refractivity contribution >= 4 is 16.5 Å². The molecule has 3 rings (SSSR count). The number of quaternary nitrogens is 1. The standard InChI is InChI=1S/C10H17N5O2S/c1-13-6-9(14-2-4-17-5-3-14)15(16,8-13)10-12-11-7-18-10/h7,9H,2-6,8H2,1H3. The lowest BCUT2D eigenvalue weighted by Gasteiger charge is -2.45. The van der Waals surface area contributed by atoms with Crippen molar-refractivity contribution in [2.75, 3.05) is 46.6 Å². The number of ether oxygens (including phenoxy) is 1. The third-order valence-electron chi connectivity index (χ3n) is 3.55. The Hall–Kier alpha value is -0.640. The molecule has 8 heteroatoms. The van der Waals surface area contributed by atoms with Crippen molar-refractivity contribution in [3.05, 3.63) is 10.7 Å². The second kappa shape index (κ2) is 4.80. The summed E-state index contributed by atoms with van der Waals surface area (Å²) in [6.45, 7) is 4.26. The lowest BCUT2D eigenvalue weighted by Crippen LogP contribution is -2.59. The van der Waals surface area contributed by atoms with Gasteiger partial charge in [-0.1, -0.05) is 5.10 Å². The van der Waals surface area contributed by atoms with Gasteiger partial charge in [0, 0.05) is 13.1 Å². The largest absolute Gasteiger partial charge is 0.623 e. The lowest BCUT2D eigenvalue weighted by molar-refractivity contribution is -0.00410. The first-order valence-electron chi connectivity index (χ1n) is 6.06. The number of morpholine rings is 1. The summed E-state index contributed by atoms with van der Waals surface area (Å²) >= 11 is 1.34. The second-order valence-electron chi connectivity index (χ2n) is 4.83. The molecule has 2 saturated heterocycles. The first-order valence-corrected chi connectivity index (χ1v) is 6.94. The van der Waals surface area contributed by atoms with Gasteiger partial charge in [-0.15, -0.1) is 5.10 Å². The van der Waals surface area contributed by atoms with E-state index in [4.69, 9.17) is 4.74 Å². The summed E-state index contributed by atoms with van der Waals surface area (Å²) in [5, 5.41) is 21.5. The van der Waals surface area contributed by atoms with Crippen molar-refractivity contribution in [2.45, 2.75) is 6.17 Å². The van der Waals surface area contributed by atoms with Gasteiger partial charge in [0.05, 0.1) is 19.8 Å². The summed E-state index contributed by atoms with van der Waals surface area (Å²) in [4.78, 5) is 4.29. The summed E-state index contributed by atoms with van der Waals surface area (Å²) in [6.07, 6.45) is -0.0909. The van der Waals surface area contributed by atoms with E-state index in [2.05, 4.69) is 20.0 Å². The highest BCUT2D eigenvalue weighted by atomic mass is 32.1. The summed E-state index contributed by atoms with van der Waals surface area (Å²) < 4.78 is 4.95.